The zero-order chi connectivity index (χ0) is 22.4. The summed E-state index contributed by atoms with van der Waals surface area (Å²) in [7, 11) is -3.90. The maximum Gasteiger partial charge on any atom is 0.171 e. The van der Waals surface area contributed by atoms with Crippen LogP contribution < -0.4 is 5.73 Å². The largest absolute Gasteiger partial charge is 0.386 e. The molecule has 3 aromatic rings. The van der Waals surface area contributed by atoms with Gasteiger partial charge in [-0.1, -0.05) is 6.07 Å². The van der Waals surface area contributed by atoms with Crippen LogP contribution in [0.2, 0.25) is 0 Å². The molecule has 0 aliphatic carbocycles. The zero-order valence-corrected chi connectivity index (χ0v) is 18.3. The van der Waals surface area contributed by atoms with Crippen molar-refractivity contribution in [2.45, 2.75) is 24.1 Å². The van der Waals surface area contributed by atoms with Crippen LogP contribution in [0.1, 0.15) is 30.0 Å². The lowest BCUT2D eigenvalue weighted by atomic mass is 9.99. The second-order valence-corrected chi connectivity index (χ2v) is 11.0. The van der Waals surface area contributed by atoms with Crippen molar-refractivity contribution in [2.24, 2.45) is 10.7 Å². The lowest BCUT2D eigenvalue weighted by molar-refractivity contribution is 0.482. The number of pyridine rings is 2. The molecule has 0 saturated heterocycles. The van der Waals surface area contributed by atoms with Crippen molar-refractivity contribution >= 4 is 27.0 Å². The monoisotopic (exact) mass is 455 g/mol. The summed E-state index contributed by atoms with van der Waals surface area (Å²) in [6.07, 6.45) is 4.42. The standard InChI is InChI=1S/C21H18FN5O2S2/c1-20(18-15(22)8-16(30-18)14-7-13(9-23)10-25-11-14)12-31(28,29)21(2,19(24)27-20)17-5-3-4-6-26-17/h3-8,10-11H,12H2,1-2H3,(H2,24,27)/t20-,21-/m0/s1. The van der Waals surface area contributed by atoms with Gasteiger partial charge in [0.2, 0.25) is 0 Å². The van der Waals surface area contributed by atoms with Crippen LogP contribution in [-0.2, 0) is 20.1 Å². The molecule has 0 fully saturated rings. The number of hydrogen-bond acceptors (Lipinski definition) is 8. The van der Waals surface area contributed by atoms with Gasteiger partial charge in [-0.25, -0.2) is 12.8 Å². The molecule has 3 aromatic heterocycles. The lowest BCUT2D eigenvalue weighted by Gasteiger charge is -2.38. The van der Waals surface area contributed by atoms with Gasteiger partial charge in [0.15, 0.2) is 14.6 Å². The van der Waals surface area contributed by atoms with Crippen LogP contribution >= 0.6 is 11.3 Å². The van der Waals surface area contributed by atoms with Crippen LogP contribution in [0.3, 0.4) is 0 Å². The molecule has 0 unspecified atom stereocenters. The van der Waals surface area contributed by atoms with E-state index < -0.39 is 31.7 Å². The van der Waals surface area contributed by atoms with Crippen LogP contribution in [0.5, 0.6) is 0 Å². The molecule has 0 saturated carbocycles. The Labute approximate surface area is 183 Å². The summed E-state index contributed by atoms with van der Waals surface area (Å²) in [4.78, 5) is 13.3. The van der Waals surface area contributed by atoms with Gasteiger partial charge in [0.25, 0.3) is 0 Å². The summed E-state index contributed by atoms with van der Waals surface area (Å²) in [5.74, 6) is -1.15. The third kappa shape index (κ3) is 3.30. The highest BCUT2D eigenvalue weighted by Gasteiger charge is 2.54. The van der Waals surface area contributed by atoms with E-state index in [0.29, 0.717) is 16.0 Å². The molecule has 4 heterocycles. The summed E-state index contributed by atoms with van der Waals surface area (Å²) in [5, 5.41) is 9.08. The van der Waals surface area contributed by atoms with E-state index in [1.165, 1.54) is 31.6 Å². The number of aliphatic imine (C=N–C) groups is 1. The van der Waals surface area contributed by atoms with E-state index in [-0.39, 0.29) is 16.4 Å². The molecule has 4 rings (SSSR count). The molecule has 0 amide bonds. The van der Waals surface area contributed by atoms with Crippen molar-refractivity contribution in [3.63, 3.8) is 0 Å². The summed E-state index contributed by atoms with van der Waals surface area (Å²) in [6.45, 7) is 3.02. The second kappa shape index (κ2) is 7.21. The molecule has 0 aromatic carbocycles. The average Bonchev–Trinajstić information content (AvgIpc) is 3.15. The summed E-state index contributed by atoms with van der Waals surface area (Å²) >= 11 is 1.07. The SMILES string of the molecule is C[C@@]1(c2sc(-c3cncc(C#N)c3)cc2F)CS(=O)(=O)[C@@](C)(c2ccccn2)C(N)=N1. The topological polar surface area (TPSA) is 122 Å². The molecular formula is C21H18FN5O2S2. The molecule has 10 heteroatoms. The van der Waals surface area contributed by atoms with Crippen molar-refractivity contribution in [3.8, 4) is 16.5 Å². The molecule has 0 radical (unpaired) electrons. The number of nitrogens with two attached hydrogens (primary N) is 1. The van der Waals surface area contributed by atoms with Crippen LogP contribution in [-0.4, -0.2) is 30.0 Å². The van der Waals surface area contributed by atoms with E-state index in [4.69, 9.17) is 11.0 Å². The summed E-state index contributed by atoms with van der Waals surface area (Å²) < 4.78 is 40.2. The Balaban J connectivity index is 1.83. The second-order valence-electron chi connectivity index (χ2n) is 7.64. The summed E-state index contributed by atoms with van der Waals surface area (Å²) in [5.41, 5.74) is 5.98. The number of sulfone groups is 1. The van der Waals surface area contributed by atoms with Crippen molar-refractivity contribution in [3.05, 3.63) is 70.9 Å². The minimum absolute atomic E-state index is 0.137. The normalized spacial score (nSPS) is 24.9. The quantitative estimate of drug-likeness (QED) is 0.647. The van der Waals surface area contributed by atoms with Gasteiger partial charge >= 0.3 is 0 Å². The minimum Gasteiger partial charge on any atom is -0.386 e. The maximum atomic E-state index is 15.0. The van der Waals surface area contributed by atoms with Crippen molar-refractivity contribution < 1.29 is 12.8 Å². The van der Waals surface area contributed by atoms with E-state index in [2.05, 4.69) is 15.0 Å². The molecule has 0 bridgehead atoms. The molecule has 1 aliphatic heterocycles. The number of rotatable bonds is 3. The van der Waals surface area contributed by atoms with Crippen molar-refractivity contribution in [1.29, 1.82) is 5.26 Å². The molecule has 31 heavy (non-hydrogen) atoms. The number of aromatic nitrogens is 2. The Morgan fingerprint density at radius 1 is 1.26 bits per heavy atom. The first-order valence-electron chi connectivity index (χ1n) is 9.26. The third-order valence-electron chi connectivity index (χ3n) is 5.43. The van der Waals surface area contributed by atoms with E-state index in [9.17, 15) is 8.42 Å². The smallest absolute Gasteiger partial charge is 0.171 e. The zero-order valence-electron chi connectivity index (χ0n) is 16.7. The molecule has 7 nitrogen and oxygen atoms in total. The highest BCUT2D eigenvalue weighted by Crippen LogP contribution is 2.45. The molecule has 2 N–H and O–H groups in total. The fourth-order valence-electron chi connectivity index (χ4n) is 3.64. The Hall–Kier alpha value is -3.16. The number of amidine groups is 1. The molecule has 1 aliphatic rings. The fourth-order valence-corrected chi connectivity index (χ4v) is 6.88. The lowest BCUT2D eigenvalue weighted by Crippen LogP contribution is -2.54. The van der Waals surface area contributed by atoms with Crippen LogP contribution in [0.15, 0.2) is 53.9 Å². The maximum absolute atomic E-state index is 15.0. The van der Waals surface area contributed by atoms with Gasteiger partial charge in [-0.15, -0.1) is 11.3 Å². The van der Waals surface area contributed by atoms with Gasteiger partial charge in [0, 0.05) is 29.0 Å². The minimum atomic E-state index is -3.90. The van der Waals surface area contributed by atoms with Crippen LogP contribution in [0.4, 0.5) is 4.39 Å². The van der Waals surface area contributed by atoms with Gasteiger partial charge in [0.05, 0.1) is 21.9 Å². The van der Waals surface area contributed by atoms with E-state index >= 15 is 4.39 Å². The number of hydrogen-bond donors (Lipinski definition) is 1. The van der Waals surface area contributed by atoms with Gasteiger partial charge in [-0.05, 0) is 38.1 Å². The Morgan fingerprint density at radius 3 is 2.68 bits per heavy atom. The number of thiophene rings is 1. The number of nitriles is 1. The highest BCUT2D eigenvalue weighted by molar-refractivity contribution is 7.93. The van der Waals surface area contributed by atoms with Gasteiger partial charge in [-0.2, -0.15) is 5.26 Å². The first-order valence-corrected chi connectivity index (χ1v) is 11.7. The Bertz CT molecular complexity index is 1350. The number of nitrogens with zero attached hydrogens (tertiary/aromatic N) is 4. The molecule has 2 atom stereocenters. The van der Waals surface area contributed by atoms with Gasteiger partial charge < -0.3 is 5.73 Å². The van der Waals surface area contributed by atoms with Gasteiger partial charge in [0.1, 0.15) is 23.3 Å². The first kappa shape index (κ1) is 21.1. The summed E-state index contributed by atoms with van der Waals surface area (Å²) in [6, 6.07) is 9.83. The molecule has 0 spiro atoms. The third-order valence-corrected chi connectivity index (χ3v) is 9.45. The molecular weight excluding hydrogens is 437 g/mol. The van der Waals surface area contributed by atoms with Crippen LogP contribution in [0, 0.1) is 17.1 Å². The number of halogens is 1. The predicted molar refractivity (Wildman–Crippen MR) is 117 cm³/mol. The van der Waals surface area contributed by atoms with Gasteiger partial charge in [-0.3, -0.25) is 15.0 Å². The molecule has 158 valence electrons. The van der Waals surface area contributed by atoms with Crippen molar-refractivity contribution in [1.82, 2.24) is 9.97 Å². The van der Waals surface area contributed by atoms with Crippen molar-refractivity contribution in [2.75, 3.05) is 5.75 Å². The van der Waals surface area contributed by atoms with E-state index in [0.717, 1.165) is 11.3 Å². The van der Waals surface area contributed by atoms with Crippen LogP contribution in [0.25, 0.3) is 10.4 Å². The Morgan fingerprint density at radius 2 is 2.03 bits per heavy atom. The predicted octanol–water partition coefficient (Wildman–Crippen LogP) is 3.13. The Kier molecular flexibility index (Phi) is 4.91. The van der Waals surface area contributed by atoms with E-state index in [1.54, 1.807) is 31.2 Å². The first-order chi connectivity index (χ1) is 14.6. The fraction of sp³-hybridized carbons (Fsp3) is 0.238. The average molecular weight is 456 g/mol. The van der Waals surface area contributed by atoms with E-state index in [1.807, 2.05) is 6.07 Å². The highest BCUT2D eigenvalue weighted by atomic mass is 32.2.